The number of aromatic nitrogens is 3. The lowest BCUT2D eigenvalue weighted by molar-refractivity contribution is -0.121. The normalized spacial score (nSPS) is 10.7. The van der Waals surface area contributed by atoms with Crippen molar-refractivity contribution in [2.75, 3.05) is 0 Å². The van der Waals surface area contributed by atoms with Gasteiger partial charge in [0.2, 0.25) is 5.91 Å². The number of amides is 1. The molecular formula is C15H17ClN4O2. The zero-order chi connectivity index (χ0) is 16.1. The maximum Gasteiger partial charge on any atom is 0.273 e. The third kappa shape index (κ3) is 4.39. The Morgan fingerprint density at radius 3 is 2.77 bits per heavy atom. The van der Waals surface area contributed by atoms with Crippen LogP contribution in [-0.2, 0) is 11.2 Å². The minimum absolute atomic E-state index is 0.0714. The van der Waals surface area contributed by atoms with Crippen LogP contribution < -0.4 is 10.9 Å². The number of halogens is 1. The summed E-state index contributed by atoms with van der Waals surface area (Å²) in [5.74, 6) is 0.234. The lowest BCUT2D eigenvalue weighted by atomic mass is 10.2. The van der Waals surface area contributed by atoms with E-state index in [1.807, 2.05) is 13.8 Å². The van der Waals surface area contributed by atoms with Gasteiger partial charge in [0.25, 0.3) is 5.56 Å². The van der Waals surface area contributed by atoms with Crippen LogP contribution in [0.15, 0.2) is 29.1 Å². The molecule has 0 saturated carbocycles. The molecule has 1 aromatic heterocycles. The van der Waals surface area contributed by atoms with E-state index >= 15 is 0 Å². The van der Waals surface area contributed by atoms with Gasteiger partial charge in [0.15, 0.2) is 5.82 Å². The number of aryl methyl sites for hydroxylation is 1. The van der Waals surface area contributed by atoms with Crippen molar-refractivity contribution >= 4 is 17.5 Å². The fourth-order valence-corrected chi connectivity index (χ4v) is 2.11. The summed E-state index contributed by atoms with van der Waals surface area (Å²) in [5, 5.41) is 11.2. The topological polar surface area (TPSA) is 87.7 Å². The second-order valence-corrected chi connectivity index (χ2v) is 5.62. The van der Waals surface area contributed by atoms with E-state index in [-0.39, 0.29) is 36.0 Å². The summed E-state index contributed by atoms with van der Waals surface area (Å²) in [6.07, 6.45) is 0.448. The summed E-state index contributed by atoms with van der Waals surface area (Å²) in [7, 11) is 0. The first-order valence-electron chi connectivity index (χ1n) is 6.97. The smallest absolute Gasteiger partial charge is 0.273 e. The molecule has 2 aromatic rings. The molecule has 22 heavy (non-hydrogen) atoms. The Morgan fingerprint density at radius 1 is 1.36 bits per heavy atom. The molecule has 7 heteroatoms. The molecule has 1 aromatic carbocycles. The molecule has 0 spiro atoms. The van der Waals surface area contributed by atoms with Crippen LogP contribution in [0.3, 0.4) is 0 Å². The molecule has 1 amide bonds. The zero-order valence-electron chi connectivity index (χ0n) is 12.4. The highest BCUT2D eigenvalue weighted by Gasteiger charge is 2.10. The van der Waals surface area contributed by atoms with Gasteiger partial charge in [-0.15, -0.1) is 10.2 Å². The first-order valence-corrected chi connectivity index (χ1v) is 7.34. The van der Waals surface area contributed by atoms with Crippen molar-refractivity contribution in [2.45, 2.75) is 32.7 Å². The number of carbonyl (C=O) groups is 1. The molecule has 0 unspecified atom stereocenters. The Bertz CT molecular complexity index is 727. The minimum Gasteiger partial charge on any atom is -0.354 e. The van der Waals surface area contributed by atoms with E-state index in [1.165, 1.54) is 0 Å². The average Bonchev–Trinajstić information content (AvgIpc) is 2.45. The maximum absolute atomic E-state index is 12.0. The molecule has 0 radical (unpaired) electrons. The van der Waals surface area contributed by atoms with Crippen molar-refractivity contribution in [2.24, 2.45) is 0 Å². The largest absolute Gasteiger partial charge is 0.354 e. The molecule has 0 aliphatic rings. The highest BCUT2D eigenvalue weighted by Crippen LogP contribution is 2.17. The Kier molecular flexibility index (Phi) is 5.27. The summed E-state index contributed by atoms with van der Waals surface area (Å²) >= 11 is 5.91. The van der Waals surface area contributed by atoms with Crippen molar-refractivity contribution in [3.05, 3.63) is 45.3 Å². The van der Waals surface area contributed by atoms with Gasteiger partial charge in [-0.1, -0.05) is 23.7 Å². The van der Waals surface area contributed by atoms with Crippen molar-refractivity contribution in [3.63, 3.8) is 0 Å². The molecule has 0 fully saturated rings. The molecule has 0 saturated heterocycles. The SMILES string of the molecule is CC(C)NC(=O)CCc1nnc(-c2cccc(Cl)c2)[nH]c1=O. The Labute approximate surface area is 132 Å². The van der Waals surface area contributed by atoms with Gasteiger partial charge in [-0.3, -0.25) is 9.59 Å². The number of benzene rings is 1. The predicted molar refractivity (Wildman–Crippen MR) is 84.7 cm³/mol. The van der Waals surface area contributed by atoms with Crippen LogP contribution in [0.25, 0.3) is 11.4 Å². The summed E-state index contributed by atoms with van der Waals surface area (Å²) < 4.78 is 0. The van der Waals surface area contributed by atoms with E-state index < -0.39 is 0 Å². The standard InChI is InChI=1S/C15H17ClN4O2/c1-9(2)17-13(21)7-6-12-15(22)18-14(20-19-12)10-4-3-5-11(16)8-10/h3-5,8-9H,6-7H2,1-2H3,(H,17,21)(H,18,20,22). The van der Waals surface area contributed by atoms with Crippen LogP contribution in [0.2, 0.25) is 5.02 Å². The molecule has 6 nitrogen and oxygen atoms in total. The van der Waals surface area contributed by atoms with Gasteiger partial charge in [0, 0.05) is 29.5 Å². The van der Waals surface area contributed by atoms with Crippen LogP contribution in [0.1, 0.15) is 26.0 Å². The number of hydrogen-bond donors (Lipinski definition) is 2. The lowest BCUT2D eigenvalue weighted by Crippen LogP contribution is -2.31. The van der Waals surface area contributed by atoms with Gasteiger partial charge in [0.1, 0.15) is 5.69 Å². The molecule has 0 aliphatic carbocycles. The average molecular weight is 321 g/mol. The van der Waals surface area contributed by atoms with E-state index in [1.54, 1.807) is 24.3 Å². The summed E-state index contributed by atoms with van der Waals surface area (Å²) in [6.45, 7) is 3.76. The van der Waals surface area contributed by atoms with Gasteiger partial charge < -0.3 is 10.3 Å². The zero-order valence-corrected chi connectivity index (χ0v) is 13.1. The van der Waals surface area contributed by atoms with E-state index in [4.69, 9.17) is 11.6 Å². The number of nitrogens with zero attached hydrogens (tertiary/aromatic N) is 2. The van der Waals surface area contributed by atoms with Gasteiger partial charge >= 0.3 is 0 Å². The van der Waals surface area contributed by atoms with E-state index in [0.717, 1.165) is 0 Å². The third-order valence-electron chi connectivity index (χ3n) is 2.90. The highest BCUT2D eigenvalue weighted by atomic mass is 35.5. The van der Waals surface area contributed by atoms with Crippen molar-refractivity contribution in [3.8, 4) is 11.4 Å². The monoisotopic (exact) mass is 320 g/mol. The molecule has 0 atom stereocenters. The third-order valence-corrected chi connectivity index (χ3v) is 3.14. The second kappa shape index (κ2) is 7.17. The van der Waals surface area contributed by atoms with E-state index in [0.29, 0.717) is 16.4 Å². The van der Waals surface area contributed by atoms with Crippen molar-refractivity contribution in [1.82, 2.24) is 20.5 Å². The number of nitrogens with one attached hydrogen (secondary N) is 2. The highest BCUT2D eigenvalue weighted by molar-refractivity contribution is 6.30. The molecule has 2 N–H and O–H groups in total. The number of carbonyl (C=O) groups excluding carboxylic acids is 1. The van der Waals surface area contributed by atoms with Crippen LogP contribution in [0, 0.1) is 0 Å². The Balaban J connectivity index is 2.10. The maximum atomic E-state index is 12.0. The molecule has 116 valence electrons. The Hall–Kier alpha value is -2.21. The summed E-state index contributed by atoms with van der Waals surface area (Å²) in [6, 6.07) is 7.04. The molecule has 0 aliphatic heterocycles. The summed E-state index contributed by atoms with van der Waals surface area (Å²) in [5.41, 5.74) is 0.577. The van der Waals surface area contributed by atoms with Gasteiger partial charge in [-0.2, -0.15) is 0 Å². The van der Waals surface area contributed by atoms with Gasteiger partial charge in [-0.05, 0) is 26.0 Å². The van der Waals surface area contributed by atoms with Gasteiger partial charge in [0.05, 0.1) is 0 Å². The van der Waals surface area contributed by atoms with Crippen molar-refractivity contribution < 1.29 is 4.79 Å². The molecule has 2 rings (SSSR count). The molecular weight excluding hydrogens is 304 g/mol. The molecule has 1 heterocycles. The summed E-state index contributed by atoms with van der Waals surface area (Å²) in [4.78, 5) is 26.3. The number of hydrogen-bond acceptors (Lipinski definition) is 4. The van der Waals surface area contributed by atoms with Crippen LogP contribution in [0.4, 0.5) is 0 Å². The number of aromatic amines is 1. The van der Waals surface area contributed by atoms with E-state index in [9.17, 15) is 9.59 Å². The first-order chi connectivity index (χ1) is 10.5. The Morgan fingerprint density at radius 2 is 2.14 bits per heavy atom. The minimum atomic E-state index is -0.345. The fraction of sp³-hybridized carbons (Fsp3) is 0.333. The van der Waals surface area contributed by atoms with E-state index in [2.05, 4.69) is 20.5 Å². The number of rotatable bonds is 5. The molecule has 0 bridgehead atoms. The van der Waals surface area contributed by atoms with Crippen LogP contribution in [-0.4, -0.2) is 27.1 Å². The predicted octanol–water partition coefficient (Wildman–Crippen LogP) is 1.94. The quantitative estimate of drug-likeness (QED) is 0.881. The fourth-order valence-electron chi connectivity index (χ4n) is 1.92. The second-order valence-electron chi connectivity index (χ2n) is 5.18. The van der Waals surface area contributed by atoms with Crippen LogP contribution in [0.5, 0.6) is 0 Å². The lowest BCUT2D eigenvalue weighted by Gasteiger charge is -2.07. The number of H-pyrrole nitrogens is 1. The van der Waals surface area contributed by atoms with Crippen molar-refractivity contribution in [1.29, 1.82) is 0 Å². The van der Waals surface area contributed by atoms with Gasteiger partial charge in [-0.25, -0.2) is 0 Å². The first kappa shape index (κ1) is 16.2. The van der Waals surface area contributed by atoms with Crippen LogP contribution >= 0.6 is 11.6 Å².